The van der Waals surface area contributed by atoms with Crippen molar-refractivity contribution in [3.63, 3.8) is 0 Å². The summed E-state index contributed by atoms with van der Waals surface area (Å²) in [6.07, 6.45) is 2.89. The van der Waals surface area contributed by atoms with Crippen molar-refractivity contribution >= 4 is 28.4 Å². The second-order valence-electron chi connectivity index (χ2n) is 3.12. The van der Waals surface area contributed by atoms with E-state index in [4.69, 9.17) is 5.26 Å². The van der Waals surface area contributed by atoms with Gasteiger partial charge < -0.3 is 0 Å². The number of carbonyl (C=O) groups excluding carboxylic acids is 1. The van der Waals surface area contributed by atoms with Gasteiger partial charge in [0.25, 0.3) is 0 Å². The third kappa shape index (κ3) is 4.50. The molecule has 0 saturated carbocycles. The molecule has 3 heteroatoms. The van der Waals surface area contributed by atoms with Crippen LogP contribution >= 0.6 is 22.6 Å². The fraction of sp³-hybridized carbons (Fsp3) is 0.556. The summed E-state index contributed by atoms with van der Waals surface area (Å²) in [4.78, 5) is 10.8. The number of Topliss-reactive ketones (excluding diaryl/α,β-unsaturated/α-hetero) is 1. The van der Waals surface area contributed by atoms with Crippen molar-refractivity contribution in [3.05, 3.63) is 10.2 Å². The third-order valence-corrected chi connectivity index (χ3v) is 2.08. The monoisotopic (exact) mass is 277 g/mol. The largest absolute Gasteiger partial charge is 0.300 e. The van der Waals surface area contributed by atoms with Gasteiger partial charge in [0.05, 0.1) is 11.5 Å². The van der Waals surface area contributed by atoms with E-state index >= 15 is 0 Å². The lowest BCUT2D eigenvalue weighted by molar-refractivity contribution is -0.118. The Morgan fingerprint density at radius 2 is 2.33 bits per heavy atom. The van der Waals surface area contributed by atoms with Crippen LogP contribution in [0.4, 0.5) is 0 Å². The van der Waals surface area contributed by atoms with Gasteiger partial charge in [-0.1, -0.05) is 28.7 Å². The van der Waals surface area contributed by atoms with E-state index in [0.29, 0.717) is 12.8 Å². The lowest BCUT2D eigenvalue weighted by atomic mass is 9.84. The Morgan fingerprint density at radius 3 is 2.67 bits per heavy atom. The second kappa shape index (κ2) is 5.31. The maximum Gasteiger partial charge on any atom is 0.131 e. The van der Waals surface area contributed by atoms with Crippen LogP contribution in [0.5, 0.6) is 0 Å². The normalized spacial score (nSPS) is 15.5. The van der Waals surface area contributed by atoms with Gasteiger partial charge in [-0.2, -0.15) is 5.26 Å². The van der Waals surface area contributed by atoms with Gasteiger partial charge in [0, 0.05) is 6.42 Å². The summed E-state index contributed by atoms with van der Waals surface area (Å²) in [5.41, 5.74) is -0.520. The molecule has 0 bridgehead atoms. The predicted molar refractivity (Wildman–Crippen MR) is 56.8 cm³/mol. The average Bonchev–Trinajstić information content (AvgIpc) is 2.00. The van der Waals surface area contributed by atoms with Crippen molar-refractivity contribution < 1.29 is 4.79 Å². The molecular weight excluding hydrogens is 265 g/mol. The van der Waals surface area contributed by atoms with Crippen molar-refractivity contribution in [3.8, 4) is 6.07 Å². The molecule has 0 aromatic rings. The van der Waals surface area contributed by atoms with Crippen molar-refractivity contribution in [2.75, 3.05) is 0 Å². The molecule has 12 heavy (non-hydrogen) atoms. The number of rotatable bonds is 4. The summed E-state index contributed by atoms with van der Waals surface area (Å²) in [6, 6.07) is 2.17. The number of ketones is 1. The van der Waals surface area contributed by atoms with Crippen LogP contribution in [0, 0.1) is 16.7 Å². The number of nitrogens with zero attached hydrogens (tertiary/aromatic N) is 1. The number of hydrogen-bond donors (Lipinski definition) is 0. The molecule has 2 nitrogen and oxygen atoms in total. The summed E-state index contributed by atoms with van der Waals surface area (Å²) in [7, 11) is 0. The fourth-order valence-electron chi connectivity index (χ4n) is 1.01. The van der Waals surface area contributed by atoms with Gasteiger partial charge >= 0.3 is 0 Å². The number of allylic oxidation sites excluding steroid dienone is 1. The summed E-state index contributed by atoms with van der Waals surface area (Å²) < 4.78 is 1.87. The van der Waals surface area contributed by atoms with E-state index in [1.165, 1.54) is 6.92 Å². The van der Waals surface area contributed by atoms with E-state index in [2.05, 4.69) is 28.7 Å². The molecule has 0 radical (unpaired) electrons. The molecule has 0 spiro atoms. The Labute approximate surface area is 86.8 Å². The van der Waals surface area contributed by atoms with Crippen LogP contribution in [0.25, 0.3) is 0 Å². The quantitative estimate of drug-likeness (QED) is 0.741. The Bertz CT molecular complexity index is 229. The minimum absolute atomic E-state index is 0.0703. The molecule has 66 valence electrons. The predicted octanol–water partition coefficient (Wildman–Crippen LogP) is 2.83. The molecule has 0 fully saturated rings. The molecule has 0 aliphatic heterocycles. The minimum Gasteiger partial charge on any atom is -0.300 e. The van der Waals surface area contributed by atoms with E-state index in [-0.39, 0.29) is 5.78 Å². The number of nitriles is 1. The van der Waals surface area contributed by atoms with Gasteiger partial charge in [-0.05, 0) is 24.4 Å². The van der Waals surface area contributed by atoms with Crippen molar-refractivity contribution in [1.82, 2.24) is 0 Å². The Hall–Kier alpha value is -0.370. The van der Waals surface area contributed by atoms with Gasteiger partial charge in [0.1, 0.15) is 5.78 Å². The van der Waals surface area contributed by atoms with Crippen LogP contribution in [-0.2, 0) is 4.79 Å². The zero-order chi connectivity index (χ0) is 9.61. The molecule has 0 heterocycles. The maximum absolute atomic E-state index is 10.8. The molecule has 1 atom stereocenters. The Kier molecular flexibility index (Phi) is 5.14. The highest BCUT2D eigenvalue weighted by Crippen LogP contribution is 2.25. The van der Waals surface area contributed by atoms with Crippen LogP contribution < -0.4 is 0 Å². The average molecular weight is 277 g/mol. The van der Waals surface area contributed by atoms with Gasteiger partial charge in [-0.3, -0.25) is 4.79 Å². The summed E-state index contributed by atoms with van der Waals surface area (Å²) in [5.74, 6) is 0.0703. The molecule has 0 amide bonds. The van der Waals surface area contributed by atoms with E-state index in [1.807, 2.05) is 17.1 Å². The summed E-state index contributed by atoms with van der Waals surface area (Å²) in [6.45, 7) is 3.33. The van der Waals surface area contributed by atoms with Crippen LogP contribution in [-0.4, -0.2) is 5.78 Å². The summed E-state index contributed by atoms with van der Waals surface area (Å²) in [5, 5.41) is 8.82. The van der Waals surface area contributed by atoms with Crippen LogP contribution in [0.3, 0.4) is 0 Å². The highest BCUT2D eigenvalue weighted by atomic mass is 127. The Balaban J connectivity index is 4.26. The first-order chi connectivity index (χ1) is 5.54. The zero-order valence-electron chi connectivity index (χ0n) is 7.30. The van der Waals surface area contributed by atoms with Crippen LogP contribution in [0.15, 0.2) is 10.2 Å². The number of halogens is 1. The van der Waals surface area contributed by atoms with E-state index in [0.717, 1.165) is 0 Å². The van der Waals surface area contributed by atoms with Crippen molar-refractivity contribution in [1.29, 1.82) is 5.26 Å². The topological polar surface area (TPSA) is 40.9 Å². The van der Waals surface area contributed by atoms with Gasteiger partial charge in [-0.25, -0.2) is 0 Å². The Morgan fingerprint density at radius 1 is 1.75 bits per heavy atom. The van der Waals surface area contributed by atoms with Crippen LogP contribution in [0.2, 0.25) is 0 Å². The number of hydrogen-bond acceptors (Lipinski definition) is 2. The molecule has 0 aliphatic carbocycles. The smallest absolute Gasteiger partial charge is 0.131 e. The molecular formula is C9H12INO. The highest BCUT2D eigenvalue weighted by Gasteiger charge is 2.23. The molecule has 0 saturated heterocycles. The molecule has 0 aliphatic rings. The third-order valence-electron chi connectivity index (χ3n) is 1.57. The standard InChI is InChI=1S/C9H12INO/c1-8(12)6-9(2,7-11)4-3-5-10/h3,5H,4,6H2,1-2H3/b5-3+/t9-/m1/s1. The minimum atomic E-state index is -0.520. The summed E-state index contributed by atoms with van der Waals surface area (Å²) >= 11 is 2.10. The molecule has 0 N–H and O–H groups in total. The first-order valence-corrected chi connectivity index (χ1v) is 4.94. The first kappa shape index (κ1) is 11.6. The highest BCUT2D eigenvalue weighted by molar-refractivity contribution is 14.1. The van der Waals surface area contributed by atoms with Crippen molar-refractivity contribution in [2.24, 2.45) is 5.41 Å². The lowest BCUT2D eigenvalue weighted by Gasteiger charge is -2.16. The lowest BCUT2D eigenvalue weighted by Crippen LogP contribution is -2.16. The molecule has 0 aromatic carbocycles. The maximum atomic E-state index is 10.8. The second-order valence-corrected chi connectivity index (χ2v) is 3.84. The van der Waals surface area contributed by atoms with Gasteiger partial charge in [0.2, 0.25) is 0 Å². The van der Waals surface area contributed by atoms with Gasteiger partial charge in [-0.15, -0.1) is 0 Å². The van der Waals surface area contributed by atoms with Gasteiger partial charge in [0.15, 0.2) is 0 Å². The molecule has 0 unspecified atom stereocenters. The fourth-order valence-corrected chi connectivity index (χ4v) is 1.27. The number of carbonyl (C=O) groups is 1. The van der Waals surface area contributed by atoms with E-state index < -0.39 is 5.41 Å². The molecule has 0 aromatic heterocycles. The molecule has 0 rings (SSSR count). The first-order valence-electron chi connectivity index (χ1n) is 3.70. The van der Waals surface area contributed by atoms with E-state index in [1.54, 1.807) is 0 Å². The zero-order valence-corrected chi connectivity index (χ0v) is 9.46. The van der Waals surface area contributed by atoms with Crippen molar-refractivity contribution in [2.45, 2.75) is 26.7 Å². The SMILES string of the molecule is CC(=O)C[C@](C)(C#N)C/C=C/I. The van der Waals surface area contributed by atoms with E-state index in [9.17, 15) is 4.79 Å². The van der Waals surface area contributed by atoms with Crippen LogP contribution in [0.1, 0.15) is 26.7 Å².